The lowest BCUT2D eigenvalue weighted by Gasteiger charge is -2.36. The molecule has 0 radical (unpaired) electrons. The standard InChI is InChI=1S/C18H25N3O4S/c1-13-4-6-14(7-5-13)17-15(12-16(22)19(17)2)18(23)20-8-10-21(11-9-20)26(3,24)25/h4-7,15,17H,8-12H2,1-3H3/t15-,17-/m1/s1. The van der Waals surface area contributed by atoms with Crippen LogP contribution in [0.2, 0.25) is 0 Å². The molecule has 142 valence electrons. The van der Waals surface area contributed by atoms with E-state index in [0.29, 0.717) is 26.2 Å². The Labute approximate surface area is 154 Å². The van der Waals surface area contributed by atoms with Gasteiger partial charge in [-0.2, -0.15) is 4.31 Å². The zero-order valence-electron chi connectivity index (χ0n) is 15.4. The Morgan fingerprint density at radius 3 is 2.19 bits per heavy atom. The van der Waals surface area contributed by atoms with Crippen LogP contribution in [0.25, 0.3) is 0 Å². The van der Waals surface area contributed by atoms with E-state index in [0.717, 1.165) is 11.1 Å². The van der Waals surface area contributed by atoms with Crippen LogP contribution in [0.3, 0.4) is 0 Å². The number of hydrogen-bond acceptors (Lipinski definition) is 4. The van der Waals surface area contributed by atoms with Crippen molar-refractivity contribution in [2.24, 2.45) is 5.92 Å². The zero-order valence-corrected chi connectivity index (χ0v) is 16.2. The summed E-state index contributed by atoms with van der Waals surface area (Å²) in [7, 11) is -1.50. The fourth-order valence-electron chi connectivity index (χ4n) is 3.79. The Bertz CT molecular complexity index is 798. The summed E-state index contributed by atoms with van der Waals surface area (Å²) >= 11 is 0. The number of aryl methyl sites for hydroxylation is 1. The average molecular weight is 379 g/mol. The first kappa shape index (κ1) is 18.8. The molecule has 0 unspecified atom stereocenters. The number of likely N-dealkylation sites (tertiary alicyclic amines) is 1. The summed E-state index contributed by atoms with van der Waals surface area (Å²) in [6, 6.07) is 7.63. The Hall–Kier alpha value is -1.93. The van der Waals surface area contributed by atoms with E-state index in [-0.39, 0.29) is 24.3 Å². The molecule has 2 atom stereocenters. The zero-order chi connectivity index (χ0) is 19.1. The molecule has 8 heteroatoms. The van der Waals surface area contributed by atoms with Gasteiger partial charge in [-0.3, -0.25) is 9.59 Å². The van der Waals surface area contributed by atoms with E-state index in [9.17, 15) is 18.0 Å². The molecule has 0 saturated carbocycles. The van der Waals surface area contributed by atoms with Crippen molar-refractivity contribution in [3.05, 3.63) is 35.4 Å². The maximum Gasteiger partial charge on any atom is 0.228 e. The van der Waals surface area contributed by atoms with E-state index in [4.69, 9.17) is 0 Å². The van der Waals surface area contributed by atoms with Gasteiger partial charge in [0, 0.05) is 39.6 Å². The molecular formula is C18H25N3O4S. The summed E-state index contributed by atoms with van der Waals surface area (Å²) in [6.45, 7) is 3.33. The second-order valence-electron chi connectivity index (χ2n) is 7.16. The van der Waals surface area contributed by atoms with Crippen LogP contribution in [-0.4, -0.2) is 73.8 Å². The Morgan fingerprint density at radius 2 is 1.65 bits per heavy atom. The van der Waals surface area contributed by atoms with E-state index < -0.39 is 15.9 Å². The van der Waals surface area contributed by atoms with Crippen molar-refractivity contribution in [3.63, 3.8) is 0 Å². The highest BCUT2D eigenvalue weighted by Gasteiger charge is 2.44. The summed E-state index contributed by atoms with van der Waals surface area (Å²) < 4.78 is 24.7. The third-order valence-corrected chi connectivity index (χ3v) is 6.64. The lowest BCUT2D eigenvalue weighted by Crippen LogP contribution is -2.52. The predicted molar refractivity (Wildman–Crippen MR) is 97.8 cm³/mol. The second kappa shape index (κ2) is 7.00. The predicted octanol–water partition coefficient (Wildman–Crippen LogP) is 0.618. The van der Waals surface area contributed by atoms with Crippen LogP contribution in [0.1, 0.15) is 23.6 Å². The molecule has 0 aliphatic carbocycles. The van der Waals surface area contributed by atoms with Crippen LogP contribution in [-0.2, 0) is 19.6 Å². The van der Waals surface area contributed by atoms with E-state index in [1.807, 2.05) is 31.2 Å². The number of benzene rings is 1. The molecule has 0 bridgehead atoms. The van der Waals surface area contributed by atoms with E-state index in [1.165, 1.54) is 10.6 Å². The molecule has 2 amide bonds. The van der Waals surface area contributed by atoms with Gasteiger partial charge in [0.15, 0.2) is 0 Å². The van der Waals surface area contributed by atoms with Crippen molar-refractivity contribution < 1.29 is 18.0 Å². The van der Waals surface area contributed by atoms with Gasteiger partial charge in [0.1, 0.15) is 0 Å². The van der Waals surface area contributed by atoms with Gasteiger partial charge >= 0.3 is 0 Å². The van der Waals surface area contributed by atoms with Crippen LogP contribution in [0.5, 0.6) is 0 Å². The molecule has 3 rings (SSSR count). The lowest BCUT2D eigenvalue weighted by molar-refractivity contribution is -0.137. The number of rotatable bonds is 3. The first-order valence-electron chi connectivity index (χ1n) is 8.74. The Kier molecular flexibility index (Phi) is 5.07. The lowest BCUT2D eigenvalue weighted by atomic mass is 9.91. The van der Waals surface area contributed by atoms with Crippen molar-refractivity contribution >= 4 is 21.8 Å². The number of carbonyl (C=O) groups excluding carboxylic acids is 2. The molecule has 2 fully saturated rings. The third kappa shape index (κ3) is 3.61. The molecule has 26 heavy (non-hydrogen) atoms. The van der Waals surface area contributed by atoms with Crippen LogP contribution in [0, 0.1) is 12.8 Å². The second-order valence-corrected chi connectivity index (χ2v) is 9.14. The topological polar surface area (TPSA) is 78.0 Å². The Balaban J connectivity index is 1.77. The highest BCUT2D eigenvalue weighted by atomic mass is 32.2. The van der Waals surface area contributed by atoms with Crippen molar-refractivity contribution in [3.8, 4) is 0 Å². The summed E-state index contributed by atoms with van der Waals surface area (Å²) in [5.74, 6) is -0.537. The van der Waals surface area contributed by atoms with E-state index in [1.54, 1.807) is 16.8 Å². The molecule has 0 N–H and O–H groups in total. The number of amides is 2. The molecule has 0 spiro atoms. The molecule has 2 saturated heterocycles. The molecule has 2 aliphatic rings. The van der Waals surface area contributed by atoms with Gasteiger partial charge in [-0.05, 0) is 12.5 Å². The molecule has 1 aromatic carbocycles. The summed E-state index contributed by atoms with van der Waals surface area (Å²) in [4.78, 5) is 28.7. The number of nitrogens with zero attached hydrogens (tertiary/aromatic N) is 3. The van der Waals surface area contributed by atoms with Gasteiger partial charge in [0.25, 0.3) is 0 Å². The van der Waals surface area contributed by atoms with Gasteiger partial charge in [-0.25, -0.2) is 8.42 Å². The first-order valence-corrected chi connectivity index (χ1v) is 10.6. The first-order chi connectivity index (χ1) is 12.2. The van der Waals surface area contributed by atoms with Crippen molar-refractivity contribution in [2.45, 2.75) is 19.4 Å². The van der Waals surface area contributed by atoms with Gasteiger partial charge in [0.05, 0.1) is 18.2 Å². The highest BCUT2D eigenvalue weighted by molar-refractivity contribution is 7.88. The summed E-state index contributed by atoms with van der Waals surface area (Å²) in [6.07, 6.45) is 1.38. The van der Waals surface area contributed by atoms with Crippen LogP contribution < -0.4 is 0 Å². The number of piperazine rings is 1. The maximum absolute atomic E-state index is 13.1. The van der Waals surface area contributed by atoms with Gasteiger partial charge in [0.2, 0.25) is 21.8 Å². The number of sulfonamides is 1. The molecule has 0 aromatic heterocycles. The summed E-state index contributed by atoms with van der Waals surface area (Å²) in [5, 5.41) is 0. The Morgan fingerprint density at radius 1 is 1.08 bits per heavy atom. The molecule has 1 aromatic rings. The molecule has 2 aliphatic heterocycles. The van der Waals surface area contributed by atoms with Gasteiger partial charge in [-0.1, -0.05) is 29.8 Å². The van der Waals surface area contributed by atoms with Crippen LogP contribution in [0.4, 0.5) is 0 Å². The van der Waals surface area contributed by atoms with Gasteiger partial charge in [-0.15, -0.1) is 0 Å². The minimum atomic E-state index is -3.24. The van der Waals surface area contributed by atoms with Crippen molar-refractivity contribution in [1.82, 2.24) is 14.1 Å². The normalized spacial score (nSPS) is 25.0. The average Bonchev–Trinajstić information content (AvgIpc) is 2.90. The van der Waals surface area contributed by atoms with E-state index >= 15 is 0 Å². The maximum atomic E-state index is 13.1. The monoisotopic (exact) mass is 379 g/mol. The van der Waals surface area contributed by atoms with E-state index in [2.05, 4.69) is 0 Å². The van der Waals surface area contributed by atoms with Crippen molar-refractivity contribution in [1.29, 1.82) is 0 Å². The van der Waals surface area contributed by atoms with Crippen molar-refractivity contribution in [2.75, 3.05) is 39.5 Å². The van der Waals surface area contributed by atoms with Crippen LogP contribution >= 0.6 is 0 Å². The SMILES string of the molecule is Cc1ccc([C@@H]2[C@H](C(=O)N3CCN(S(C)(=O)=O)CC3)CC(=O)N2C)cc1. The van der Waals surface area contributed by atoms with Gasteiger partial charge < -0.3 is 9.80 Å². The minimum Gasteiger partial charge on any atom is -0.340 e. The largest absolute Gasteiger partial charge is 0.340 e. The molecular weight excluding hydrogens is 354 g/mol. The fraction of sp³-hybridized carbons (Fsp3) is 0.556. The number of hydrogen-bond donors (Lipinski definition) is 0. The fourth-order valence-corrected chi connectivity index (χ4v) is 4.61. The summed E-state index contributed by atoms with van der Waals surface area (Å²) in [5.41, 5.74) is 2.08. The third-order valence-electron chi connectivity index (χ3n) is 5.34. The van der Waals surface area contributed by atoms with Crippen LogP contribution in [0.15, 0.2) is 24.3 Å². The quantitative estimate of drug-likeness (QED) is 0.771. The molecule has 2 heterocycles. The smallest absolute Gasteiger partial charge is 0.228 e. The number of carbonyl (C=O) groups is 2. The highest BCUT2D eigenvalue weighted by Crippen LogP contribution is 2.38. The minimum absolute atomic E-state index is 0.0382. The molecule has 7 nitrogen and oxygen atoms in total.